The number of carbonyl (C=O) groups is 2. The predicted molar refractivity (Wildman–Crippen MR) is 217 cm³/mol. The number of halogens is 2. The predicted octanol–water partition coefficient (Wildman–Crippen LogP) is 4.05. The van der Waals surface area contributed by atoms with Gasteiger partial charge in [-0.3, -0.25) is 33.8 Å². The molecule has 312 valence electrons. The molecule has 20 heteroatoms. The Morgan fingerprint density at radius 3 is 2.55 bits per heavy atom. The van der Waals surface area contributed by atoms with E-state index in [-0.39, 0.29) is 64.8 Å². The lowest BCUT2D eigenvalue weighted by Gasteiger charge is -2.60. The van der Waals surface area contributed by atoms with Gasteiger partial charge in [-0.25, -0.2) is 18.6 Å². The lowest BCUT2D eigenvalue weighted by molar-refractivity contribution is -0.120. The van der Waals surface area contributed by atoms with Crippen molar-refractivity contribution in [3.8, 4) is 17.6 Å². The number of benzene rings is 3. The van der Waals surface area contributed by atoms with Crippen molar-refractivity contribution >= 4 is 61.1 Å². The topological polar surface area (TPSA) is 191 Å². The van der Waals surface area contributed by atoms with E-state index in [0.717, 1.165) is 48.9 Å². The number of aryl methyl sites for hydroxylation is 1. The summed E-state index contributed by atoms with van der Waals surface area (Å²) >= 11 is 0. The highest BCUT2D eigenvalue weighted by atomic mass is 32.2. The van der Waals surface area contributed by atoms with E-state index in [0.29, 0.717) is 46.9 Å². The van der Waals surface area contributed by atoms with Crippen molar-refractivity contribution in [3.05, 3.63) is 76.3 Å². The van der Waals surface area contributed by atoms with Crippen LogP contribution in [0.25, 0.3) is 21.8 Å². The molecule has 4 aliphatic rings. The smallest absolute Gasteiger partial charge is 0.329 e. The molecule has 3 saturated heterocycles. The third-order valence-electron chi connectivity index (χ3n) is 12.2. The zero-order valence-corrected chi connectivity index (χ0v) is 33.8. The molecule has 60 heavy (non-hydrogen) atoms. The molecule has 4 fully saturated rings. The number of aromatic nitrogens is 4. The zero-order valence-electron chi connectivity index (χ0n) is 33.0. The number of hydrogen-bond acceptors (Lipinski definition) is 11. The Kier molecular flexibility index (Phi) is 9.52. The summed E-state index contributed by atoms with van der Waals surface area (Å²) in [5.41, 5.74) is 0.906. The van der Waals surface area contributed by atoms with Crippen molar-refractivity contribution in [1.29, 1.82) is 5.26 Å². The largest absolute Gasteiger partial charge is 0.453 e. The number of fused-ring (bicyclic) bond motifs is 2. The van der Waals surface area contributed by atoms with E-state index in [1.165, 1.54) is 30.1 Å². The number of nitrogens with one attached hydrogen (secondary N) is 2. The van der Waals surface area contributed by atoms with Crippen LogP contribution in [0.5, 0.6) is 11.5 Å². The molecule has 3 aliphatic heterocycles. The Morgan fingerprint density at radius 2 is 1.83 bits per heavy atom. The van der Waals surface area contributed by atoms with Crippen molar-refractivity contribution in [2.45, 2.75) is 32.2 Å². The molecule has 9 rings (SSSR count). The maximum Gasteiger partial charge on any atom is 0.329 e. The van der Waals surface area contributed by atoms with Gasteiger partial charge < -0.3 is 14.5 Å². The molecule has 0 bridgehead atoms. The van der Waals surface area contributed by atoms with E-state index >= 15 is 8.78 Å². The average Bonchev–Trinajstić information content (AvgIpc) is 3.48. The molecule has 3 amide bonds. The van der Waals surface area contributed by atoms with E-state index < -0.39 is 33.6 Å². The van der Waals surface area contributed by atoms with Gasteiger partial charge in [0.15, 0.2) is 17.4 Å². The third-order valence-corrected chi connectivity index (χ3v) is 13.7. The van der Waals surface area contributed by atoms with Crippen LogP contribution in [0.3, 0.4) is 0 Å². The summed E-state index contributed by atoms with van der Waals surface area (Å²) in [6, 6.07) is 11.0. The van der Waals surface area contributed by atoms with Crippen LogP contribution in [0.1, 0.15) is 37.8 Å². The van der Waals surface area contributed by atoms with Gasteiger partial charge in [-0.1, -0.05) is 6.92 Å². The first-order valence-electron chi connectivity index (χ1n) is 19.6. The minimum atomic E-state index is -4.01. The van der Waals surface area contributed by atoms with Gasteiger partial charge in [0.05, 0.1) is 34.1 Å². The van der Waals surface area contributed by atoms with Gasteiger partial charge in [-0.2, -0.15) is 23.1 Å². The highest BCUT2D eigenvalue weighted by Gasteiger charge is 2.53. The lowest BCUT2D eigenvalue weighted by Crippen LogP contribution is -2.65. The molecule has 5 heterocycles. The number of hydrogen-bond donors (Lipinski definition) is 2. The van der Waals surface area contributed by atoms with Crippen molar-refractivity contribution in [2.75, 3.05) is 67.4 Å². The number of urea groups is 1. The molecule has 17 nitrogen and oxygen atoms in total. The summed E-state index contributed by atoms with van der Waals surface area (Å²) in [5, 5.41) is 17.4. The summed E-state index contributed by atoms with van der Waals surface area (Å²) in [6.45, 7) is 6.06. The summed E-state index contributed by atoms with van der Waals surface area (Å²) in [5.74, 6) is -1.37. The molecule has 0 unspecified atom stereocenters. The Balaban J connectivity index is 0.813. The van der Waals surface area contributed by atoms with Crippen LogP contribution < -0.4 is 30.1 Å². The molecular formula is C40H41F2N11O6S. The van der Waals surface area contributed by atoms with E-state index in [1.807, 2.05) is 11.0 Å². The molecule has 1 saturated carbocycles. The Bertz CT molecular complexity index is 2820. The highest BCUT2D eigenvalue weighted by molar-refractivity contribution is 7.90. The second kappa shape index (κ2) is 14.5. The first-order chi connectivity index (χ1) is 28.7. The van der Waals surface area contributed by atoms with E-state index in [1.54, 1.807) is 41.7 Å². The first kappa shape index (κ1) is 39.3. The second-order valence-corrected chi connectivity index (χ2v) is 18.0. The number of carbonyl (C=O) groups excluding carboxylic acids is 2. The Hall–Kier alpha value is -6.17. The minimum Gasteiger partial charge on any atom is -0.453 e. The normalized spacial score (nSPS) is 18.4. The Labute approximate surface area is 342 Å². The Morgan fingerprint density at radius 1 is 1.07 bits per heavy atom. The van der Waals surface area contributed by atoms with Crippen molar-refractivity contribution in [2.24, 2.45) is 18.4 Å². The van der Waals surface area contributed by atoms with Gasteiger partial charge in [0.1, 0.15) is 23.2 Å². The molecule has 3 aromatic carbocycles. The molecule has 0 atom stereocenters. The van der Waals surface area contributed by atoms with Gasteiger partial charge in [0.25, 0.3) is 5.56 Å². The van der Waals surface area contributed by atoms with E-state index in [2.05, 4.69) is 25.0 Å². The quantitative estimate of drug-likeness (QED) is 0.195. The summed E-state index contributed by atoms with van der Waals surface area (Å²) < 4.78 is 68.2. The van der Waals surface area contributed by atoms with E-state index in [4.69, 9.17) is 4.74 Å². The van der Waals surface area contributed by atoms with Crippen molar-refractivity contribution in [1.82, 2.24) is 33.9 Å². The van der Waals surface area contributed by atoms with Gasteiger partial charge >= 0.3 is 16.2 Å². The first-order valence-corrected chi connectivity index (χ1v) is 21.0. The number of amides is 3. The van der Waals surface area contributed by atoms with Crippen LogP contribution in [-0.4, -0.2) is 102 Å². The summed E-state index contributed by atoms with van der Waals surface area (Å²) in [4.78, 5) is 48.1. The molecular weight excluding hydrogens is 801 g/mol. The fourth-order valence-corrected chi connectivity index (χ4v) is 9.87. The van der Waals surface area contributed by atoms with Crippen LogP contribution in [0.15, 0.2) is 53.6 Å². The minimum absolute atomic E-state index is 0.0499. The number of nitrogens with zero attached hydrogens (tertiary/aromatic N) is 9. The van der Waals surface area contributed by atoms with Crippen molar-refractivity contribution in [3.63, 3.8) is 0 Å². The number of likely N-dealkylation sites (tertiary alicyclic amines) is 1. The van der Waals surface area contributed by atoms with Gasteiger partial charge in [-0.15, -0.1) is 0 Å². The molecule has 5 aromatic rings. The molecule has 2 aromatic heterocycles. The van der Waals surface area contributed by atoms with Gasteiger partial charge in [-0.05, 0) is 60.7 Å². The fraction of sp³-hybridized carbons (Fsp3) is 0.400. The van der Waals surface area contributed by atoms with Crippen LogP contribution >= 0.6 is 0 Å². The monoisotopic (exact) mass is 841 g/mol. The molecule has 1 aliphatic carbocycles. The standard InChI is InChI=1S/C40H41F2N11O6S/c1-4-48(2)60(57,58)47-32-8-6-29(41)36(28(32)16-43)59-25-5-7-31-26(11-25)38(55)53(22-44-31)24-14-40(15-24)20-50(21-40)17-23-18-51(19-23)34-13-33-27(12-30(34)42)37(46-49(33)3)52-10-9-35(54)45-39(52)56/h5-8,11-13,22-24,47H,4,9-10,14-15,17-21H2,1-3H3,(H,45,54,56). The van der Waals surface area contributed by atoms with Crippen LogP contribution in [0.2, 0.25) is 0 Å². The number of rotatable bonds is 11. The molecule has 1 spiro atoms. The van der Waals surface area contributed by atoms with Crippen LogP contribution in [0.4, 0.5) is 30.8 Å². The van der Waals surface area contributed by atoms with Gasteiger partial charge in [0.2, 0.25) is 5.91 Å². The van der Waals surface area contributed by atoms with E-state index in [9.17, 15) is 28.1 Å². The fourth-order valence-electron chi connectivity index (χ4n) is 8.93. The lowest BCUT2D eigenvalue weighted by atomic mass is 9.60. The van der Waals surface area contributed by atoms with Gasteiger partial charge in [0, 0.05) is 83.7 Å². The second-order valence-electron chi connectivity index (χ2n) is 16.2. The number of ether oxygens (including phenoxy) is 1. The zero-order chi connectivity index (χ0) is 42.2. The highest BCUT2D eigenvalue weighted by Crippen LogP contribution is 2.54. The SMILES string of the molecule is CCN(C)S(=O)(=O)Nc1ccc(F)c(Oc2ccc3ncn(C4CC5(C4)CN(CC4CN(c6cc7c(cc6F)c(N6CCC(=O)NC6=O)nn7C)C4)C5)c(=O)c3c2)c1C#N. The maximum atomic E-state index is 15.5. The third kappa shape index (κ3) is 6.75. The number of nitriles is 1. The number of anilines is 3. The summed E-state index contributed by atoms with van der Waals surface area (Å²) in [6.07, 6.45) is 3.31. The average molecular weight is 842 g/mol. The maximum absolute atomic E-state index is 15.5. The molecule has 0 radical (unpaired) electrons. The van der Waals surface area contributed by atoms with Crippen molar-refractivity contribution < 1.29 is 31.5 Å². The van der Waals surface area contributed by atoms with Crippen LogP contribution in [0, 0.1) is 34.3 Å². The molecule has 2 N–H and O–H groups in total. The number of imide groups is 1. The summed E-state index contributed by atoms with van der Waals surface area (Å²) in [7, 11) is -0.907. The van der Waals surface area contributed by atoms with Crippen LogP contribution in [-0.2, 0) is 22.1 Å².